The summed E-state index contributed by atoms with van der Waals surface area (Å²) in [5, 5.41) is 7.13. The van der Waals surface area contributed by atoms with Crippen molar-refractivity contribution in [3.05, 3.63) is 47.5 Å². The van der Waals surface area contributed by atoms with E-state index >= 15 is 0 Å². The zero-order valence-corrected chi connectivity index (χ0v) is 16.8. The van der Waals surface area contributed by atoms with E-state index in [4.69, 9.17) is 31.2 Å². The summed E-state index contributed by atoms with van der Waals surface area (Å²) in [5.41, 5.74) is 3.72. The molecule has 0 aliphatic heterocycles. The zero-order chi connectivity index (χ0) is 20.5. The maximum atomic E-state index is 12.5. The number of thiocarbonyl (C=S) groups is 1. The maximum absolute atomic E-state index is 12.5. The number of methoxy groups -OCH3 is 3. The second kappa shape index (κ2) is 10.1. The van der Waals surface area contributed by atoms with Crippen LogP contribution < -0.4 is 29.7 Å². The number of benzene rings is 2. The maximum Gasteiger partial charge on any atom is 0.343 e. The van der Waals surface area contributed by atoms with Gasteiger partial charge in [-0.3, -0.25) is 5.43 Å². The van der Waals surface area contributed by atoms with Crippen LogP contribution in [-0.2, 0) is 0 Å². The summed E-state index contributed by atoms with van der Waals surface area (Å²) in [5.74, 6) is 0.965. The molecule has 0 amide bonds. The van der Waals surface area contributed by atoms with Gasteiger partial charge in [0.25, 0.3) is 0 Å². The summed E-state index contributed by atoms with van der Waals surface area (Å²) < 4.78 is 21.2. The molecule has 0 bridgehead atoms. The largest absolute Gasteiger partial charge is 0.493 e. The van der Waals surface area contributed by atoms with Gasteiger partial charge >= 0.3 is 5.97 Å². The van der Waals surface area contributed by atoms with Gasteiger partial charge in [-0.2, -0.15) is 5.10 Å². The van der Waals surface area contributed by atoms with Crippen LogP contribution in [0.4, 0.5) is 0 Å². The summed E-state index contributed by atoms with van der Waals surface area (Å²) in [4.78, 5) is 12.5. The standard InChI is InChI=1S/C19H21N3O5S/c1-20-19(28)22-21-11-12-5-7-14(8-6-12)27-18(23)13-9-15(24-2)17(26-4)16(10-13)25-3/h5-11H,1-4H3,(H2,20,22,28). The van der Waals surface area contributed by atoms with Crippen LogP contribution in [-0.4, -0.2) is 45.7 Å². The van der Waals surface area contributed by atoms with Crippen LogP contribution in [0.3, 0.4) is 0 Å². The van der Waals surface area contributed by atoms with Gasteiger partial charge in [0.1, 0.15) is 5.75 Å². The molecule has 2 N–H and O–H groups in total. The first-order chi connectivity index (χ1) is 13.5. The van der Waals surface area contributed by atoms with Crippen LogP contribution in [0, 0.1) is 0 Å². The zero-order valence-electron chi connectivity index (χ0n) is 15.9. The first-order valence-electron chi connectivity index (χ1n) is 8.15. The minimum Gasteiger partial charge on any atom is -0.493 e. The predicted octanol–water partition coefficient (Wildman–Crippen LogP) is 2.36. The van der Waals surface area contributed by atoms with E-state index in [1.807, 2.05) is 0 Å². The highest BCUT2D eigenvalue weighted by Gasteiger charge is 2.18. The molecule has 2 aromatic carbocycles. The Bertz CT molecular complexity index is 843. The molecule has 0 fully saturated rings. The summed E-state index contributed by atoms with van der Waals surface area (Å²) in [6, 6.07) is 9.89. The van der Waals surface area contributed by atoms with Crippen LogP contribution in [0.5, 0.6) is 23.0 Å². The molecule has 2 aromatic rings. The number of nitrogens with zero attached hydrogens (tertiary/aromatic N) is 1. The highest BCUT2D eigenvalue weighted by atomic mass is 32.1. The lowest BCUT2D eigenvalue weighted by atomic mass is 10.2. The van der Waals surface area contributed by atoms with Crippen molar-refractivity contribution in [2.24, 2.45) is 5.10 Å². The Balaban J connectivity index is 2.11. The van der Waals surface area contributed by atoms with E-state index < -0.39 is 5.97 Å². The van der Waals surface area contributed by atoms with E-state index in [-0.39, 0.29) is 5.56 Å². The van der Waals surface area contributed by atoms with Crippen molar-refractivity contribution in [1.29, 1.82) is 0 Å². The molecule has 0 aliphatic carbocycles. The number of nitrogens with one attached hydrogen (secondary N) is 2. The normalized spacial score (nSPS) is 10.3. The molecule has 0 saturated carbocycles. The van der Waals surface area contributed by atoms with Crippen molar-refractivity contribution in [3.8, 4) is 23.0 Å². The Hall–Kier alpha value is -3.33. The average Bonchev–Trinajstić information content (AvgIpc) is 2.73. The van der Waals surface area contributed by atoms with Crippen molar-refractivity contribution in [2.75, 3.05) is 28.4 Å². The van der Waals surface area contributed by atoms with Crippen LogP contribution in [0.15, 0.2) is 41.5 Å². The molecular formula is C19H21N3O5S. The van der Waals surface area contributed by atoms with Crippen molar-refractivity contribution in [1.82, 2.24) is 10.7 Å². The minimum atomic E-state index is -0.554. The van der Waals surface area contributed by atoms with Crippen molar-refractivity contribution in [3.63, 3.8) is 0 Å². The summed E-state index contributed by atoms with van der Waals surface area (Å²) in [7, 11) is 6.14. The molecule has 28 heavy (non-hydrogen) atoms. The molecule has 0 unspecified atom stereocenters. The van der Waals surface area contributed by atoms with Gasteiger partial charge in [0, 0.05) is 7.05 Å². The molecule has 0 aliphatic rings. The van der Waals surface area contributed by atoms with Gasteiger partial charge in [0.2, 0.25) is 5.75 Å². The molecule has 0 saturated heterocycles. The molecular weight excluding hydrogens is 382 g/mol. The molecule has 0 spiro atoms. The Morgan fingerprint density at radius 2 is 1.64 bits per heavy atom. The number of ether oxygens (including phenoxy) is 4. The van der Waals surface area contributed by atoms with Crippen LogP contribution in [0.2, 0.25) is 0 Å². The van der Waals surface area contributed by atoms with Crippen LogP contribution in [0.25, 0.3) is 0 Å². The fourth-order valence-electron chi connectivity index (χ4n) is 2.21. The molecule has 2 rings (SSSR count). The van der Waals surface area contributed by atoms with Gasteiger partial charge < -0.3 is 24.3 Å². The van der Waals surface area contributed by atoms with E-state index in [0.717, 1.165) is 5.56 Å². The number of hydrogen-bond donors (Lipinski definition) is 2. The highest BCUT2D eigenvalue weighted by molar-refractivity contribution is 7.80. The Morgan fingerprint density at radius 3 is 2.14 bits per heavy atom. The second-order valence-corrected chi connectivity index (χ2v) is 5.73. The molecule has 148 valence electrons. The van der Waals surface area contributed by atoms with Gasteiger partial charge in [-0.05, 0) is 54.2 Å². The van der Waals surface area contributed by atoms with Crippen molar-refractivity contribution < 1.29 is 23.7 Å². The third-order valence-corrected chi connectivity index (χ3v) is 3.89. The van der Waals surface area contributed by atoms with E-state index in [0.29, 0.717) is 28.1 Å². The smallest absolute Gasteiger partial charge is 0.343 e. The number of carbonyl (C=O) groups excluding carboxylic acids is 1. The highest BCUT2D eigenvalue weighted by Crippen LogP contribution is 2.38. The lowest BCUT2D eigenvalue weighted by molar-refractivity contribution is 0.0734. The van der Waals surface area contributed by atoms with Gasteiger partial charge in [-0.1, -0.05) is 0 Å². The quantitative estimate of drug-likeness (QED) is 0.239. The molecule has 0 atom stereocenters. The third kappa shape index (κ3) is 5.34. The monoisotopic (exact) mass is 403 g/mol. The Labute approximate surface area is 168 Å². The van der Waals surface area contributed by atoms with Gasteiger partial charge in [0.05, 0.1) is 33.1 Å². The molecule has 0 aromatic heterocycles. The van der Waals surface area contributed by atoms with E-state index in [1.54, 1.807) is 37.5 Å². The second-order valence-electron chi connectivity index (χ2n) is 5.32. The Kier molecular flexibility index (Phi) is 7.58. The first kappa shape index (κ1) is 21.0. The molecule has 0 radical (unpaired) electrons. The first-order valence-corrected chi connectivity index (χ1v) is 8.56. The van der Waals surface area contributed by atoms with E-state index in [2.05, 4.69) is 15.8 Å². The summed E-state index contributed by atoms with van der Waals surface area (Å²) in [6.45, 7) is 0. The average molecular weight is 403 g/mol. The molecule has 0 heterocycles. The van der Waals surface area contributed by atoms with Crippen LogP contribution >= 0.6 is 12.2 Å². The van der Waals surface area contributed by atoms with E-state index in [1.165, 1.54) is 33.5 Å². The van der Waals surface area contributed by atoms with Crippen molar-refractivity contribution in [2.45, 2.75) is 0 Å². The third-order valence-electron chi connectivity index (χ3n) is 3.60. The molecule has 8 nitrogen and oxygen atoms in total. The lowest BCUT2D eigenvalue weighted by Gasteiger charge is -2.13. The number of hydrogen-bond acceptors (Lipinski definition) is 7. The predicted molar refractivity (Wildman–Crippen MR) is 110 cm³/mol. The lowest BCUT2D eigenvalue weighted by Crippen LogP contribution is -2.28. The Morgan fingerprint density at radius 1 is 1.04 bits per heavy atom. The number of carbonyl (C=O) groups is 1. The number of hydrazone groups is 1. The SMILES string of the molecule is CNC(=S)NN=Cc1ccc(OC(=O)c2cc(OC)c(OC)c(OC)c2)cc1. The fraction of sp³-hybridized carbons (Fsp3) is 0.211. The van der Waals surface area contributed by atoms with Crippen LogP contribution in [0.1, 0.15) is 15.9 Å². The fourth-order valence-corrected chi connectivity index (χ4v) is 2.26. The topological polar surface area (TPSA) is 90.4 Å². The van der Waals surface area contributed by atoms with Crippen molar-refractivity contribution >= 4 is 29.5 Å². The summed E-state index contributed by atoms with van der Waals surface area (Å²) >= 11 is 4.92. The number of rotatable bonds is 7. The van der Waals surface area contributed by atoms with Gasteiger partial charge in [0.15, 0.2) is 16.6 Å². The van der Waals surface area contributed by atoms with Gasteiger partial charge in [-0.15, -0.1) is 0 Å². The summed E-state index contributed by atoms with van der Waals surface area (Å²) in [6.07, 6.45) is 1.59. The van der Waals surface area contributed by atoms with Gasteiger partial charge in [-0.25, -0.2) is 4.79 Å². The van der Waals surface area contributed by atoms with E-state index in [9.17, 15) is 4.79 Å². The minimum absolute atomic E-state index is 0.268. The molecule has 9 heteroatoms. The number of esters is 1.